The van der Waals surface area contributed by atoms with Crippen molar-refractivity contribution in [2.45, 2.75) is 20.3 Å². The largest absolute Gasteiger partial charge is 0.465 e. The standard InChI is InChI=1S/C17H16O5/c1-3-21-14(18)9-10-17(16(20)22-4-2)11-12-7-5-6-8-13(12)15(17)19/h5-8H,3-4,11H2,1-2H3. The number of ether oxygens (including phenoxy) is 2. The van der Waals surface area contributed by atoms with Crippen LogP contribution in [0, 0.1) is 17.3 Å². The molecular formula is C17H16O5. The summed E-state index contributed by atoms with van der Waals surface area (Å²) in [6.07, 6.45) is 0.104. The highest BCUT2D eigenvalue weighted by atomic mass is 16.5. The van der Waals surface area contributed by atoms with Crippen molar-refractivity contribution < 1.29 is 23.9 Å². The highest BCUT2D eigenvalue weighted by Crippen LogP contribution is 2.37. The van der Waals surface area contributed by atoms with Gasteiger partial charge in [-0.3, -0.25) is 4.79 Å². The lowest BCUT2D eigenvalue weighted by Gasteiger charge is -2.18. The molecule has 0 N–H and O–H groups in total. The Bertz CT molecular complexity index is 680. The van der Waals surface area contributed by atoms with Gasteiger partial charge < -0.3 is 9.47 Å². The second-order valence-corrected chi connectivity index (χ2v) is 4.76. The van der Waals surface area contributed by atoms with E-state index < -0.39 is 23.1 Å². The predicted molar refractivity (Wildman–Crippen MR) is 78.0 cm³/mol. The van der Waals surface area contributed by atoms with Crippen LogP contribution < -0.4 is 0 Å². The number of ketones is 1. The lowest BCUT2D eigenvalue weighted by molar-refractivity contribution is -0.149. The molecule has 114 valence electrons. The van der Waals surface area contributed by atoms with Crippen LogP contribution in [0.2, 0.25) is 0 Å². The van der Waals surface area contributed by atoms with Crippen molar-refractivity contribution in [3.05, 3.63) is 35.4 Å². The third-order valence-electron chi connectivity index (χ3n) is 3.38. The first-order chi connectivity index (χ1) is 10.5. The van der Waals surface area contributed by atoms with Crippen molar-refractivity contribution in [2.75, 3.05) is 13.2 Å². The molecule has 0 aliphatic heterocycles. The van der Waals surface area contributed by atoms with Crippen molar-refractivity contribution in [1.82, 2.24) is 0 Å². The molecule has 1 atom stereocenters. The molecule has 0 spiro atoms. The highest BCUT2D eigenvalue weighted by Gasteiger charge is 2.52. The summed E-state index contributed by atoms with van der Waals surface area (Å²) >= 11 is 0. The van der Waals surface area contributed by atoms with Crippen LogP contribution in [0.4, 0.5) is 0 Å². The van der Waals surface area contributed by atoms with Crippen molar-refractivity contribution in [3.63, 3.8) is 0 Å². The topological polar surface area (TPSA) is 69.7 Å². The van der Waals surface area contributed by atoms with Gasteiger partial charge in [0.15, 0.2) is 11.2 Å². The fourth-order valence-electron chi connectivity index (χ4n) is 2.39. The summed E-state index contributed by atoms with van der Waals surface area (Å²) in [5, 5.41) is 0. The minimum atomic E-state index is -1.66. The smallest absolute Gasteiger partial charge is 0.384 e. The molecule has 0 amide bonds. The number of esters is 2. The van der Waals surface area contributed by atoms with E-state index in [1.165, 1.54) is 0 Å². The zero-order valence-corrected chi connectivity index (χ0v) is 12.5. The molecule has 0 radical (unpaired) electrons. The Morgan fingerprint density at radius 3 is 2.50 bits per heavy atom. The van der Waals surface area contributed by atoms with Gasteiger partial charge in [-0.25, -0.2) is 9.59 Å². The van der Waals surface area contributed by atoms with E-state index in [9.17, 15) is 14.4 Å². The number of hydrogen-bond acceptors (Lipinski definition) is 5. The summed E-state index contributed by atoms with van der Waals surface area (Å²) in [6.45, 7) is 3.60. The van der Waals surface area contributed by atoms with E-state index in [-0.39, 0.29) is 19.6 Å². The molecule has 0 saturated heterocycles. The summed E-state index contributed by atoms with van der Waals surface area (Å²) in [4.78, 5) is 36.4. The van der Waals surface area contributed by atoms with E-state index in [4.69, 9.17) is 9.47 Å². The Morgan fingerprint density at radius 1 is 1.18 bits per heavy atom. The molecule has 2 rings (SSSR count). The lowest BCUT2D eigenvalue weighted by atomic mass is 9.84. The fourth-order valence-corrected chi connectivity index (χ4v) is 2.39. The van der Waals surface area contributed by atoms with Gasteiger partial charge in [0.25, 0.3) is 0 Å². The minimum absolute atomic E-state index is 0.104. The molecule has 5 heteroatoms. The van der Waals surface area contributed by atoms with E-state index in [1.54, 1.807) is 38.1 Å². The van der Waals surface area contributed by atoms with Crippen LogP contribution in [0.3, 0.4) is 0 Å². The summed E-state index contributed by atoms with van der Waals surface area (Å²) < 4.78 is 9.73. The first-order valence-electron chi connectivity index (χ1n) is 7.05. The third kappa shape index (κ3) is 2.73. The quantitative estimate of drug-likeness (QED) is 0.366. The molecule has 0 aromatic heterocycles. The Balaban J connectivity index is 2.44. The molecule has 1 aromatic rings. The predicted octanol–water partition coefficient (Wildman–Crippen LogP) is 1.54. The molecule has 0 heterocycles. The van der Waals surface area contributed by atoms with Gasteiger partial charge in [0, 0.05) is 17.9 Å². The molecule has 1 unspecified atom stereocenters. The average Bonchev–Trinajstić information content (AvgIpc) is 2.80. The first-order valence-corrected chi connectivity index (χ1v) is 7.05. The van der Waals surface area contributed by atoms with E-state index in [1.807, 2.05) is 0 Å². The van der Waals surface area contributed by atoms with Gasteiger partial charge in [-0.15, -0.1) is 0 Å². The van der Waals surface area contributed by atoms with Crippen LogP contribution in [0.25, 0.3) is 0 Å². The minimum Gasteiger partial charge on any atom is -0.465 e. The molecule has 5 nitrogen and oxygen atoms in total. The van der Waals surface area contributed by atoms with Crippen LogP contribution in [-0.2, 0) is 25.5 Å². The molecular weight excluding hydrogens is 284 g/mol. The summed E-state index contributed by atoms with van der Waals surface area (Å²) in [5.74, 6) is 2.82. The highest BCUT2D eigenvalue weighted by molar-refractivity contribution is 6.19. The van der Waals surface area contributed by atoms with E-state index in [2.05, 4.69) is 11.8 Å². The van der Waals surface area contributed by atoms with E-state index >= 15 is 0 Å². The number of fused-ring (bicyclic) bond motifs is 1. The molecule has 0 saturated carbocycles. The van der Waals surface area contributed by atoms with Crippen molar-refractivity contribution in [2.24, 2.45) is 5.41 Å². The van der Waals surface area contributed by atoms with Gasteiger partial charge in [0.05, 0.1) is 13.2 Å². The van der Waals surface area contributed by atoms with Crippen LogP contribution in [0.5, 0.6) is 0 Å². The molecule has 0 fully saturated rings. The maximum atomic E-state index is 12.6. The first kappa shape index (κ1) is 15.8. The van der Waals surface area contributed by atoms with Gasteiger partial charge in [0.1, 0.15) is 0 Å². The Labute approximate surface area is 128 Å². The van der Waals surface area contributed by atoms with Gasteiger partial charge in [-0.2, -0.15) is 0 Å². The SMILES string of the molecule is CCOC(=O)C#CC1(C(=O)OCC)Cc2ccccc2C1=O. The van der Waals surface area contributed by atoms with Gasteiger partial charge in [0.2, 0.25) is 0 Å². The third-order valence-corrected chi connectivity index (χ3v) is 3.38. The maximum absolute atomic E-state index is 12.6. The number of benzene rings is 1. The van der Waals surface area contributed by atoms with Gasteiger partial charge in [-0.05, 0) is 19.4 Å². The summed E-state index contributed by atoms with van der Waals surface area (Å²) in [5.41, 5.74) is -0.501. The molecule has 1 aliphatic carbocycles. The number of carbonyl (C=O) groups is 3. The van der Waals surface area contributed by atoms with Crippen molar-refractivity contribution >= 4 is 17.7 Å². The lowest BCUT2D eigenvalue weighted by Crippen LogP contribution is -2.37. The van der Waals surface area contributed by atoms with E-state index in [0.29, 0.717) is 5.56 Å². The second-order valence-electron chi connectivity index (χ2n) is 4.76. The van der Waals surface area contributed by atoms with Gasteiger partial charge >= 0.3 is 11.9 Å². The van der Waals surface area contributed by atoms with Crippen molar-refractivity contribution in [3.8, 4) is 11.8 Å². The summed E-state index contributed by atoms with van der Waals surface area (Å²) in [7, 11) is 0. The molecule has 0 bridgehead atoms. The molecule has 1 aromatic carbocycles. The molecule has 1 aliphatic rings. The maximum Gasteiger partial charge on any atom is 0.384 e. The van der Waals surface area contributed by atoms with Gasteiger partial charge in [-0.1, -0.05) is 30.2 Å². The zero-order chi connectivity index (χ0) is 16.2. The zero-order valence-electron chi connectivity index (χ0n) is 12.5. The van der Waals surface area contributed by atoms with Crippen molar-refractivity contribution in [1.29, 1.82) is 0 Å². The second kappa shape index (κ2) is 6.44. The monoisotopic (exact) mass is 300 g/mol. The Hall–Kier alpha value is -2.61. The van der Waals surface area contributed by atoms with Crippen LogP contribution in [0.15, 0.2) is 24.3 Å². The fraction of sp³-hybridized carbons (Fsp3) is 0.353. The Morgan fingerprint density at radius 2 is 1.86 bits per heavy atom. The van der Waals surface area contributed by atoms with Crippen LogP contribution >= 0.6 is 0 Å². The molecule has 22 heavy (non-hydrogen) atoms. The average molecular weight is 300 g/mol. The van der Waals surface area contributed by atoms with Crippen LogP contribution in [0.1, 0.15) is 29.8 Å². The normalized spacial score (nSPS) is 18.9. The summed E-state index contributed by atoms with van der Waals surface area (Å²) in [6, 6.07) is 6.91. The number of Topliss-reactive ketones (excluding diaryl/α,β-unsaturated/α-hetero) is 1. The number of rotatable bonds is 3. The number of carbonyl (C=O) groups excluding carboxylic acids is 3. The van der Waals surface area contributed by atoms with Crippen LogP contribution in [-0.4, -0.2) is 30.9 Å². The van der Waals surface area contributed by atoms with E-state index in [0.717, 1.165) is 5.56 Å². The Kier molecular flexibility index (Phi) is 4.62. The number of hydrogen-bond donors (Lipinski definition) is 0.